The predicted molar refractivity (Wildman–Crippen MR) is 74.1 cm³/mol. The average Bonchev–Trinajstić information content (AvgIpc) is 2.98. The molecule has 0 saturated heterocycles. The van der Waals surface area contributed by atoms with Gasteiger partial charge in [0, 0.05) is 10.4 Å². The largest absolute Gasteiger partial charge is 0.478 e. The number of aromatic carboxylic acids is 1. The van der Waals surface area contributed by atoms with Gasteiger partial charge in [0.1, 0.15) is 0 Å². The Kier molecular flexibility index (Phi) is 3.09. The van der Waals surface area contributed by atoms with Crippen molar-refractivity contribution in [2.45, 2.75) is 19.3 Å². The van der Waals surface area contributed by atoms with Crippen LogP contribution in [0.2, 0.25) is 0 Å². The van der Waals surface area contributed by atoms with Gasteiger partial charge in [0.2, 0.25) is 5.91 Å². The van der Waals surface area contributed by atoms with Crippen molar-refractivity contribution in [3.05, 3.63) is 28.2 Å². The summed E-state index contributed by atoms with van der Waals surface area (Å²) in [5.41, 5.74) is 0.493. The maximum atomic E-state index is 12.1. The van der Waals surface area contributed by atoms with Crippen molar-refractivity contribution >= 4 is 33.5 Å². The molecular weight excluding hydrogens is 310 g/mol. The molecule has 3 rings (SSSR count). The van der Waals surface area contributed by atoms with Crippen LogP contribution in [0, 0.1) is 17.8 Å². The quantitative estimate of drug-likeness (QED) is 0.898. The van der Waals surface area contributed by atoms with Crippen molar-refractivity contribution in [2.75, 3.05) is 5.32 Å². The fraction of sp³-hybridized carbons (Fsp3) is 0.429. The molecule has 0 aliphatic heterocycles. The van der Waals surface area contributed by atoms with Gasteiger partial charge in [-0.05, 0) is 49.3 Å². The van der Waals surface area contributed by atoms with Gasteiger partial charge in [0.15, 0.2) is 0 Å². The Hall–Kier alpha value is -1.36. The highest BCUT2D eigenvalue weighted by Gasteiger charge is 2.48. The van der Waals surface area contributed by atoms with E-state index in [0.717, 1.165) is 24.7 Å². The zero-order chi connectivity index (χ0) is 13.6. The van der Waals surface area contributed by atoms with Gasteiger partial charge in [-0.1, -0.05) is 15.9 Å². The van der Waals surface area contributed by atoms with Gasteiger partial charge in [-0.15, -0.1) is 0 Å². The number of anilines is 1. The van der Waals surface area contributed by atoms with E-state index >= 15 is 0 Å². The Balaban J connectivity index is 1.75. The summed E-state index contributed by atoms with van der Waals surface area (Å²) in [6.07, 6.45) is 3.17. The van der Waals surface area contributed by atoms with Gasteiger partial charge in [0.05, 0.1) is 11.3 Å². The van der Waals surface area contributed by atoms with E-state index in [1.807, 2.05) is 0 Å². The van der Waals surface area contributed by atoms with Crippen molar-refractivity contribution in [2.24, 2.45) is 17.8 Å². The fourth-order valence-electron chi connectivity index (χ4n) is 2.97. The van der Waals surface area contributed by atoms with Gasteiger partial charge >= 0.3 is 5.97 Å². The van der Waals surface area contributed by atoms with Crippen LogP contribution in [0.1, 0.15) is 29.6 Å². The molecule has 1 amide bonds. The molecule has 4 nitrogen and oxygen atoms in total. The maximum absolute atomic E-state index is 12.1. The Bertz CT molecular complexity index is 548. The summed E-state index contributed by atoms with van der Waals surface area (Å²) in [7, 11) is 0. The van der Waals surface area contributed by atoms with Crippen molar-refractivity contribution in [3.63, 3.8) is 0 Å². The summed E-state index contributed by atoms with van der Waals surface area (Å²) >= 11 is 3.23. The van der Waals surface area contributed by atoms with Crippen LogP contribution < -0.4 is 5.32 Å². The molecule has 100 valence electrons. The van der Waals surface area contributed by atoms with E-state index in [4.69, 9.17) is 5.11 Å². The van der Waals surface area contributed by atoms with Gasteiger partial charge in [-0.3, -0.25) is 4.79 Å². The number of benzene rings is 1. The second-order valence-electron chi connectivity index (χ2n) is 5.41. The van der Waals surface area contributed by atoms with Crippen LogP contribution in [0.15, 0.2) is 22.7 Å². The van der Waals surface area contributed by atoms with Gasteiger partial charge in [-0.25, -0.2) is 4.79 Å². The first kappa shape index (κ1) is 12.7. The molecule has 2 aliphatic rings. The van der Waals surface area contributed by atoms with Crippen LogP contribution >= 0.6 is 15.9 Å². The Morgan fingerprint density at radius 1 is 1.21 bits per heavy atom. The molecule has 0 heterocycles. The van der Waals surface area contributed by atoms with Crippen molar-refractivity contribution in [1.29, 1.82) is 0 Å². The van der Waals surface area contributed by atoms with Crippen LogP contribution in [0.4, 0.5) is 5.69 Å². The van der Waals surface area contributed by atoms with E-state index in [9.17, 15) is 9.59 Å². The van der Waals surface area contributed by atoms with E-state index in [0.29, 0.717) is 10.2 Å². The maximum Gasteiger partial charge on any atom is 0.337 e. The number of carbonyl (C=O) groups is 2. The Morgan fingerprint density at radius 3 is 2.53 bits per heavy atom. The summed E-state index contributed by atoms with van der Waals surface area (Å²) in [6, 6.07) is 4.86. The number of fused-ring (bicyclic) bond motifs is 1. The molecule has 2 aliphatic carbocycles. The monoisotopic (exact) mass is 323 g/mol. The molecule has 0 aromatic heterocycles. The highest BCUT2D eigenvalue weighted by atomic mass is 79.9. The van der Waals surface area contributed by atoms with E-state index in [2.05, 4.69) is 21.2 Å². The van der Waals surface area contributed by atoms with Crippen LogP contribution in [-0.2, 0) is 4.79 Å². The lowest BCUT2D eigenvalue weighted by Gasteiger charge is -2.14. The van der Waals surface area contributed by atoms with Crippen LogP contribution in [-0.4, -0.2) is 17.0 Å². The normalized spacial score (nSPS) is 27.7. The summed E-state index contributed by atoms with van der Waals surface area (Å²) < 4.78 is 0.685. The summed E-state index contributed by atoms with van der Waals surface area (Å²) in [6.45, 7) is 0. The predicted octanol–water partition coefficient (Wildman–Crippen LogP) is 3.13. The molecule has 2 atom stereocenters. The first-order valence-electron chi connectivity index (χ1n) is 6.38. The lowest BCUT2D eigenvalue weighted by Crippen LogP contribution is -2.22. The minimum absolute atomic E-state index is 0.0444. The van der Waals surface area contributed by atoms with E-state index in [1.54, 1.807) is 12.1 Å². The second kappa shape index (κ2) is 4.63. The molecule has 1 aromatic rings. The smallest absolute Gasteiger partial charge is 0.337 e. The topological polar surface area (TPSA) is 66.4 Å². The molecule has 2 saturated carbocycles. The highest BCUT2D eigenvalue weighted by molar-refractivity contribution is 9.10. The number of nitrogens with one attached hydrogen (secondary N) is 1. The minimum Gasteiger partial charge on any atom is -0.478 e. The summed E-state index contributed by atoms with van der Waals surface area (Å²) in [5.74, 6) is 0.441. The van der Waals surface area contributed by atoms with Gasteiger partial charge in [0.25, 0.3) is 0 Å². The highest BCUT2D eigenvalue weighted by Crippen LogP contribution is 2.54. The molecule has 2 N–H and O–H groups in total. The minimum atomic E-state index is -1.04. The molecule has 0 radical (unpaired) electrons. The van der Waals surface area contributed by atoms with E-state index in [-0.39, 0.29) is 17.4 Å². The van der Waals surface area contributed by atoms with E-state index < -0.39 is 5.97 Å². The van der Waals surface area contributed by atoms with Gasteiger partial charge < -0.3 is 10.4 Å². The number of hydrogen-bond acceptors (Lipinski definition) is 2. The van der Waals surface area contributed by atoms with Crippen molar-refractivity contribution in [3.8, 4) is 0 Å². The first-order valence-corrected chi connectivity index (χ1v) is 7.17. The molecule has 5 heteroatoms. The number of carbonyl (C=O) groups excluding carboxylic acids is 1. The third kappa shape index (κ3) is 2.52. The standard InChI is InChI=1S/C14H14BrNO3/c15-10-1-2-12(11(6-10)14(18)19)16-13(17)9-4-7-3-8(7)5-9/h1-2,6-9H,3-5H2,(H,16,17)(H,18,19). The van der Waals surface area contributed by atoms with E-state index in [1.165, 1.54) is 12.5 Å². The van der Waals surface area contributed by atoms with Crippen molar-refractivity contribution < 1.29 is 14.7 Å². The molecule has 1 aromatic carbocycles. The number of carboxylic acids is 1. The lowest BCUT2D eigenvalue weighted by molar-refractivity contribution is -0.120. The lowest BCUT2D eigenvalue weighted by atomic mass is 10.0. The molecule has 0 bridgehead atoms. The number of hydrogen-bond donors (Lipinski definition) is 2. The molecule has 2 fully saturated rings. The third-order valence-electron chi connectivity index (χ3n) is 4.08. The zero-order valence-electron chi connectivity index (χ0n) is 10.2. The molecular formula is C14H14BrNO3. The molecule has 2 unspecified atom stereocenters. The second-order valence-corrected chi connectivity index (χ2v) is 6.32. The van der Waals surface area contributed by atoms with Crippen LogP contribution in [0.25, 0.3) is 0 Å². The third-order valence-corrected chi connectivity index (χ3v) is 4.58. The summed E-state index contributed by atoms with van der Waals surface area (Å²) in [4.78, 5) is 23.3. The zero-order valence-corrected chi connectivity index (χ0v) is 11.8. The Morgan fingerprint density at radius 2 is 1.89 bits per heavy atom. The SMILES string of the molecule is O=C(O)c1cc(Br)ccc1NC(=O)C1CC2CC2C1. The van der Waals surface area contributed by atoms with Crippen LogP contribution in [0.5, 0.6) is 0 Å². The summed E-state index contributed by atoms with van der Waals surface area (Å²) in [5, 5.41) is 11.9. The number of amides is 1. The van der Waals surface area contributed by atoms with Crippen LogP contribution in [0.3, 0.4) is 0 Å². The van der Waals surface area contributed by atoms with Gasteiger partial charge in [-0.2, -0.15) is 0 Å². The number of carboxylic acid groups (broad SMARTS) is 1. The number of halogens is 1. The molecule has 19 heavy (non-hydrogen) atoms. The Labute approximate surface area is 119 Å². The average molecular weight is 324 g/mol. The molecule has 0 spiro atoms. The fourth-order valence-corrected chi connectivity index (χ4v) is 3.33. The van der Waals surface area contributed by atoms with Crippen molar-refractivity contribution in [1.82, 2.24) is 0 Å². The first-order chi connectivity index (χ1) is 9.04. The number of rotatable bonds is 3.